The summed E-state index contributed by atoms with van der Waals surface area (Å²) >= 11 is 0. The van der Waals surface area contributed by atoms with Crippen LogP contribution in [0.2, 0.25) is 0 Å². The van der Waals surface area contributed by atoms with Crippen LogP contribution in [0, 0.1) is 5.92 Å². The molecule has 1 aromatic carbocycles. The molecule has 0 spiro atoms. The molecule has 0 radical (unpaired) electrons. The Hall–Kier alpha value is -1.56. The molecule has 2 unspecified atom stereocenters. The van der Waals surface area contributed by atoms with Gasteiger partial charge in [-0.1, -0.05) is 18.2 Å². The third-order valence-corrected chi connectivity index (χ3v) is 4.45. The molecule has 22 heavy (non-hydrogen) atoms. The van der Waals surface area contributed by atoms with E-state index in [2.05, 4.69) is 10.6 Å². The SMILES string of the molecule is O=C(NC1CCNCC1)C1CC1c1cccc(C(F)(F)F)c1. The highest BCUT2D eigenvalue weighted by Gasteiger charge is 2.45. The van der Waals surface area contributed by atoms with Crippen molar-refractivity contribution in [1.82, 2.24) is 10.6 Å². The highest BCUT2D eigenvalue weighted by molar-refractivity contribution is 5.83. The highest BCUT2D eigenvalue weighted by Crippen LogP contribution is 2.48. The zero-order valence-electron chi connectivity index (χ0n) is 12.1. The molecule has 1 heterocycles. The summed E-state index contributed by atoms with van der Waals surface area (Å²) in [6.07, 6.45) is -1.88. The molecule has 1 aliphatic carbocycles. The molecule has 1 amide bonds. The maximum absolute atomic E-state index is 12.7. The van der Waals surface area contributed by atoms with E-state index in [1.54, 1.807) is 6.07 Å². The monoisotopic (exact) mass is 312 g/mol. The maximum atomic E-state index is 12.7. The zero-order chi connectivity index (χ0) is 15.7. The topological polar surface area (TPSA) is 41.1 Å². The first-order chi connectivity index (χ1) is 10.4. The Kier molecular flexibility index (Phi) is 4.12. The molecular formula is C16H19F3N2O. The lowest BCUT2D eigenvalue weighted by Crippen LogP contribution is -2.43. The fraction of sp³-hybridized carbons (Fsp3) is 0.562. The van der Waals surface area contributed by atoms with Crippen molar-refractivity contribution >= 4 is 5.91 Å². The predicted octanol–water partition coefficient (Wildman–Crippen LogP) is 2.68. The Labute approximate surface area is 127 Å². The minimum absolute atomic E-state index is 0.0192. The van der Waals surface area contributed by atoms with Crippen molar-refractivity contribution in [1.29, 1.82) is 0 Å². The number of hydrogen-bond donors (Lipinski definition) is 2. The second kappa shape index (κ2) is 5.91. The largest absolute Gasteiger partial charge is 0.416 e. The Balaban J connectivity index is 1.60. The van der Waals surface area contributed by atoms with E-state index in [4.69, 9.17) is 0 Å². The van der Waals surface area contributed by atoms with Crippen LogP contribution < -0.4 is 10.6 Å². The minimum Gasteiger partial charge on any atom is -0.353 e. The molecule has 0 bridgehead atoms. The second-order valence-electron chi connectivity index (χ2n) is 6.10. The summed E-state index contributed by atoms with van der Waals surface area (Å²) in [5, 5.41) is 6.25. The molecule has 2 fully saturated rings. The Morgan fingerprint density at radius 2 is 1.95 bits per heavy atom. The smallest absolute Gasteiger partial charge is 0.353 e. The number of carbonyl (C=O) groups is 1. The summed E-state index contributed by atoms with van der Waals surface area (Å²) in [7, 11) is 0. The summed E-state index contributed by atoms with van der Waals surface area (Å²) in [6, 6.07) is 5.52. The molecule has 2 atom stereocenters. The summed E-state index contributed by atoms with van der Waals surface area (Å²) in [4.78, 5) is 12.2. The van der Waals surface area contributed by atoms with E-state index in [1.165, 1.54) is 12.1 Å². The van der Waals surface area contributed by atoms with Gasteiger partial charge in [0.2, 0.25) is 5.91 Å². The molecule has 2 N–H and O–H groups in total. The number of amides is 1. The molecule has 3 rings (SSSR count). The second-order valence-corrected chi connectivity index (χ2v) is 6.10. The number of piperidine rings is 1. The standard InChI is InChI=1S/C16H19F3N2O/c17-16(18,19)11-3-1-2-10(8-11)13-9-14(13)15(22)21-12-4-6-20-7-5-12/h1-3,8,12-14,20H,4-7,9H2,(H,21,22). The minimum atomic E-state index is -4.34. The maximum Gasteiger partial charge on any atom is 0.416 e. The predicted molar refractivity (Wildman–Crippen MR) is 76.3 cm³/mol. The van der Waals surface area contributed by atoms with Gasteiger partial charge in [-0.05, 0) is 49.9 Å². The van der Waals surface area contributed by atoms with Crippen molar-refractivity contribution in [2.24, 2.45) is 5.92 Å². The van der Waals surface area contributed by atoms with Crippen LogP contribution >= 0.6 is 0 Å². The van der Waals surface area contributed by atoms with Gasteiger partial charge in [-0.25, -0.2) is 0 Å². The van der Waals surface area contributed by atoms with Gasteiger partial charge in [-0.15, -0.1) is 0 Å². The summed E-state index contributed by atoms with van der Waals surface area (Å²) in [6.45, 7) is 1.79. The third-order valence-electron chi connectivity index (χ3n) is 4.45. The lowest BCUT2D eigenvalue weighted by molar-refractivity contribution is -0.137. The average molecular weight is 312 g/mol. The lowest BCUT2D eigenvalue weighted by atomic mass is 10.0. The van der Waals surface area contributed by atoms with Gasteiger partial charge >= 0.3 is 6.18 Å². The Morgan fingerprint density at radius 3 is 2.64 bits per heavy atom. The van der Waals surface area contributed by atoms with Crippen LogP contribution in [0.25, 0.3) is 0 Å². The quantitative estimate of drug-likeness (QED) is 0.901. The molecule has 1 aromatic rings. The van der Waals surface area contributed by atoms with Gasteiger partial charge in [0, 0.05) is 12.0 Å². The first kappa shape index (κ1) is 15.3. The van der Waals surface area contributed by atoms with Crippen LogP contribution in [0.3, 0.4) is 0 Å². The van der Waals surface area contributed by atoms with Gasteiger partial charge in [0.15, 0.2) is 0 Å². The van der Waals surface area contributed by atoms with Crippen molar-refractivity contribution in [3.8, 4) is 0 Å². The van der Waals surface area contributed by atoms with Crippen molar-refractivity contribution in [2.75, 3.05) is 13.1 Å². The fourth-order valence-corrected chi connectivity index (χ4v) is 3.07. The molecule has 3 nitrogen and oxygen atoms in total. The highest BCUT2D eigenvalue weighted by atomic mass is 19.4. The van der Waals surface area contributed by atoms with Crippen molar-refractivity contribution in [3.63, 3.8) is 0 Å². The number of alkyl halides is 3. The molecule has 0 aromatic heterocycles. The third kappa shape index (κ3) is 3.43. The molecule has 1 aliphatic heterocycles. The molecule has 1 saturated carbocycles. The normalized spacial score (nSPS) is 25.8. The van der Waals surface area contributed by atoms with Crippen LogP contribution in [0.5, 0.6) is 0 Å². The first-order valence-corrected chi connectivity index (χ1v) is 7.63. The van der Waals surface area contributed by atoms with Gasteiger partial charge in [0.25, 0.3) is 0 Å². The Bertz CT molecular complexity index is 553. The lowest BCUT2D eigenvalue weighted by Gasteiger charge is -2.23. The number of benzene rings is 1. The number of rotatable bonds is 3. The van der Waals surface area contributed by atoms with E-state index in [0.717, 1.165) is 32.0 Å². The molecule has 6 heteroatoms. The van der Waals surface area contributed by atoms with Crippen LogP contribution in [0.15, 0.2) is 24.3 Å². The number of halogens is 3. The average Bonchev–Trinajstić information content (AvgIpc) is 3.28. The summed E-state index contributed by atoms with van der Waals surface area (Å²) in [5.74, 6) is -0.281. The van der Waals surface area contributed by atoms with E-state index in [0.29, 0.717) is 12.0 Å². The van der Waals surface area contributed by atoms with Crippen LogP contribution in [0.4, 0.5) is 13.2 Å². The number of nitrogens with one attached hydrogen (secondary N) is 2. The number of hydrogen-bond acceptors (Lipinski definition) is 2. The van der Waals surface area contributed by atoms with Gasteiger partial charge in [0.1, 0.15) is 0 Å². The summed E-state index contributed by atoms with van der Waals surface area (Å²) in [5.41, 5.74) is -0.0327. The molecule has 2 aliphatic rings. The Morgan fingerprint density at radius 1 is 1.23 bits per heavy atom. The van der Waals surface area contributed by atoms with Gasteiger partial charge in [0.05, 0.1) is 5.56 Å². The van der Waals surface area contributed by atoms with Gasteiger partial charge < -0.3 is 10.6 Å². The molecular weight excluding hydrogens is 293 g/mol. The molecule has 1 saturated heterocycles. The van der Waals surface area contributed by atoms with Crippen LogP contribution in [0.1, 0.15) is 36.3 Å². The number of carbonyl (C=O) groups excluding carboxylic acids is 1. The van der Waals surface area contributed by atoms with Gasteiger partial charge in [-0.3, -0.25) is 4.79 Å². The van der Waals surface area contributed by atoms with Crippen LogP contribution in [-0.2, 0) is 11.0 Å². The van der Waals surface area contributed by atoms with Crippen molar-refractivity contribution in [3.05, 3.63) is 35.4 Å². The van der Waals surface area contributed by atoms with Crippen molar-refractivity contribution in [2.45, 2.75) is 37.4 Å². The van der Waals surface area contributed by atoms with E-state index in [1.807, 2.05) is 0 Å². The van der Waals surface area contributed by atoms with Gasteiger partial charge in [-0.2, -0.15) is 13.2 Å². The molecule has 120 valence electrons. The van der Waals surface area contributed by atoms with Crippen molar-refractivity contribution < 1.29 is 18.0 Å². The first-order valence-electron chi connectivity index (χ1n) is 7.63. The van der Waals surface area contributed by atoms with E-state index in [9.17, 15) is 18.0 Å². The van der Waals surface area contributed by atoms with E-state index < -0.39 is 11.7 Å². The van der Waals surface area contributed by atoms with E-state index in [-0.39, 0.29) is 23.8 Å². The summed E-state index contributed by atoms with van der Waals surface area (Å²) < 4.78 is 38.2. The van der Waals surface area contributed by atoms with Crippen LogP contribution in [-0.4, -0.2) is 25.0 Å². The fourth-order valence-electron chi connectivity index (χ4n) is 3.07. The zero-order valence-corrected chi connectivity index (χ0v) is 12.1. The van der Waals surface area contributed by atoms with E-state index >= 15 is 0 Å².